The smallest absolute Gasteiger partial charge is 0.369 e. The summed E-state index contributed by atoms with van der Waals surface area (Å²) in [6.07, 6.45) is -4.32. The lowest BCUT2D eigenvalue weighted by Gasteiger charge is -2.36. The largest absolute Gasteiger partial charge is 0.416 e. The molecule has 4 rings (SSSR count). The first-order chi connectivity index (χ1) is 14.5. The van der Waals surface area contributed by atoms with Crippen LogP contribution in [0.5, 0.6) is 0 Å². The zero-order valence-electron chi connectivity index (χ0n) is 16.2. The highest BCUT2D eigenvalue weighted by atomic mass is 32.2. The number of aromatic nitrogens is 4. The van der Waals surface area contributed by atoms with Crippen LogP contribution in [-0.4, -0.2) is 63.6 Å². The lowest BCUT2D eigenvalue weighted by atomic mass is 10.1. The monoisotopic (exact) mass is 434 g/mol. The molecule has 158 valence electrons. The molecule has 0 radical (unpaired) electrons. The third-order valence-electron chi connectivity index (χ3n) is 4.99. The van der Waals surface area contributed by atoms with Gasteiger partial charge >= 0.3 is 6.18 Å². The van der Waals surface area contributed by atoms with Gasteiger partial charge in [-0.15, -0.1) is 5.10 Å². The fraction of sp³-hybridized carbons (Fsp3) is 0.350. The first-order valence-corrected chi connectivity index (χ1v) is 10.6. The molecule has 0 atom stereocenters. The molecule has 1 aliphatic heterocycles. The van der Waals surface area contributed by atoms with E-state index >= 15 is 0 Å². The van der Waals surface area contributed by atoms with Gasteiger partial charge in [0.2, 0.25) is 5.16 Å². The Morgan fingerprint density at radius 1 is 0.900 bits per heavy atom. The molecule has 0 spiro atoms. The highest BCUT2D eigenvalue weighted by Gasteiger charge is 2.31. The van der Waals surface area contributed by atoms with E-state index in [0.717, 1.165) is 42.3 Å². The number of hydrogen-bond acceptors (Lipinski definition) is 6. The lowest BCUT2D eigenvalue weighted by molar-refractivity contribution is -0.137. The number of tetrazole rings is 1. The standard InChI is InChI=1S/C20H21F3N6S/c21-20(22,23)16-5-4-8-18(15-16)28-11-9-27(10-12-28)13-14-30-19-24-25-26-29(19)17-6-2-1-3-7-17/h1-8,15H,9-14H2. The number of piperazine rings is 1. The van der Waals surface area contributed by atoms with Gasteiger partial charge in [-0.2, -0.15) is 17.9 Å². The van der Waals surface area contributed by atoms with Gasteiger partial charge < -0.3 is 4.90 Å². The second-order valence-corrected chi connectivity index (χ2v) is 8.00. The summed E-state index contributed by atoms with van der Waals surface area (Å²) in [5.41, 5.74) is 0.940. The van der Waals surface area contributed by atoms with Gasteiger partial charge in [0.15, 0.2) is 0 Å². The summed E-state index contributed by atoms with van der Waals surface area (Å²) in [6, 6.07) is 15.3. The summed E-state index contributed by atoms with van der Waals surface area (Å²) >= 11 is 1.59. The molecule has 1 aromatic heterocycles. The number of halogens is 3. The minimum atomic E-state index is -4.32. The van der Waals surface area contributed by atoms with Gasteiger partial charge in [-0.05, 0) is 40.8 Å². The highest BCUT2D eigenvalue weighted by molar-refractivity contribution is 7.99. The molecule has 3 aromatic rings. The number of nitrogens with zero attached hydrogens (tertiary/aromatic N) is 6. The molecular formula is C20H21F3N6S. The average molecular weight is 434 g/mol. The molecule has 2 heterocycles. The predicted molar refractivity (Wildman–Crippen MR) is 110 cm³/mol. The van der Waals surface area contributed by atoms with Gasteiger partial charge in [0.25, 0.3) is 0 Å². The summed E-state index contributed by atoms with van der Waals surface area (Å²) in [5, 5.41) is 12.7. The van der Waals surface area contributed by atoms with Crippen molar-refractivity contribution in [2.45, 2.75) is 11.3 Å². The van der Waals surface area contributed by atoms with Crippen LogP contribution in [0.25, 0.3) is 5.69 Å². The SMILES string of the molecule is FC(F)(F)c1cccc(N2CCN(CCSc3nnnn3-c3ccccc3)CC2)c1. The molecule has 1 fully saturated rings. The van der Waals surface area contributed by atoms with Gasteiger partial charge in [0.1, 0.15) is 0 Å². The Labute approximate surface area is 176 Å². The molecular weight excluding hydrogens is 413 g/mol. The van der Waals surface area contributed by atoms with Crippen molar-refractivity contribution in [2.24, 2.45) is 0 Å². The van der Waals surface area contributed by atoms with E-state index < -0.39 is 11.7 Å². The van der Waals surface area contributed by atoms with Crippen LogP contribution in [0.2, 0.25) is 0 Å². The van der Waals surface area contributed by atoms with Crippen LogP contribution in [-0.2, 0) is 6.18 Å². The van der Waals surface area contributed by atoms with Gasteiger partial charge in [-0.1, -0.05) is 36.0 Å². The van der Waals surface area contributed by atoms with E-state index in [9.17, 15) is 13.2 Å². The molecule has 0 unspecified atom stereocenters. The molecule has 2 aromatic carbocycles. The molecule has 1 aliphatic rings. The molecule has 0 bridgehead atoms. The van der Waals surface area contributed by atoms with Gasteiger partial charge in [0, 0.05) is 44.2 Å². The van der Waals surface area contributed by atoms with E-state index in [-0.39, 0.29) is 0 Å². The summed E-state index contributed by atoms with van der Waals surface area (Å²) in [4.78, 5) is 4.32. The van der Waals surface area contributed by atoms with Crippen LogP contribution >= 0.6 is 11.8 Å². The highest BCUT2D eigenvalue weighted by Crippen LogP contribution is 2.32. The van der Waals surface area contributed by atoms with Crippen LogP contribution in [0.15, 0.2) is 59.8 Å². The molecule has 6 nitrogen and oxygen atoms in total. The Bertz CT molecular complexity index is 954. The second kappa shape index (κ2) is 9.05. The average Bonchev–Trinajstić information content (AvgIpc) is 3.23. The Balaban J connectivity index is 1.27. The van der Waals surface area contributed by atoms with Gasteiger partial charge in [0.05, 0.1) is 11.3 Å². The minimum absolute atomic E-state index is 0.602. The van der Waals surface area contributed by atoms with E-state index in [1.165, 1.54) is 12.1 Å². The third-order valence-corrected chi connectivity index (χ3v) is 5.89. The lowest BCUT2D eigenvalue weighted by Crippen LogP contribution is -2.47. The number of rotatable bonds is 6. The van der Waals surface area contributed by atoms with Crippen molar-refractivity contribution in [2.75, 3.05) is 43.4 Å². The Hall–Kier alpha value is -2.59. The number of anilines is 1. The fourth-order valence-electron chi connectivity index (χ4n) is 3.37. The molecule has 10 heteroatoms. The van der Waals surface area contributed by atoms with Crippen molar-refractivity contribution in [3.8, 4) is 5.69 Å². The zero-order valence-corrected chi connectivity index (χ0v) is 17.0. The summed E-state index contributed by atoms with van der Waals surface area (Å²) in [5.74, 6) is 0.830. The van der Waals surface area contributed by atoms with Crippen molar-refractivity contribution in [3.05, 3.63) is 60.2 Å². The number of alkyl halides is 3. The van der Waals surface area contributed by atoms with Crippen molar-refractivity contribution in [3.63, 3.8) is 0 Å². The summed E-state index contributed by atoms with van der Waals surface area (Å²) < 4.78 is 40.6. The van der Waals surface area contributed by atoms with Crippen molar-refractivity contribution >= 4 is 17.4 Å². The zero-order chi connectivity index (χ0) is 21.0. The topological polar surface area (TPSA) is 50.1 Å². The van der Waals surface area contributed by atoms with Crippen LogP contribution < -0.4 is 4.90 Å². The molecule has 0 N–H and O–H groups in total. The first kappa shape index (κ1) is 20.7. The number of para-hydroxylation sites is 1. The maximum absolute atomic E-state index is 12.9. The van der Waals surface area contributed by atoms with Crippen molar-refractivity contribution in [1.29, 1.82) is 0 Å². The Kier molecular flexibility index (Phi) is 6.24. The van der Waals surface area contributed by atoms with Gasteiger partial charge in [-0.3, -0.25) is 4.90 Å². The van der Waals surface area contributed by atoms with E-state index in [2.05, 4.69) is 20.4 Å². The molecule has 0 saturated carbocycles. The van der Waals surface area contributed by atoms with Crippen LogP contribution in [0.1, 0.15) is 5.56 Å². The summed E-state index contributed by atoms with van der Waals surface area (Å²) in [7, 11) is 0. The van der Waals surface area contributed by atoms with Gasteiger partial charge in [-0.25, -0.2) is 0 Å². The Morgan fingerprint density at radius 2 is 1.63 bits per heavy atom. The summed E-state index contributed by atoms with van der Waals surface area (Å²) in [6.45, 7) is 3.88. The third kappa shape index (κ3) is 4.93. The number of thioether (sulfide) groups is 1. The Morgan fingerprint density at radius 3 is 2.37 bits per heavy atom. The normalized spacial score (nSPS) is 15.5. The van der Waals surface area contributed by atoms with E-state index in [0.29, 0.717) is 18.8 Å². The molecule has 30 heavy (non-hydrogen) atoms. The van der Waals surface area contributed by atoms with Crippen LogP contribution in [0.4, 0.5) is 18.9 Å². The second-order valence-electron chi connectivity index (χ2n) is 6.93. The molecule has 0 amide bonds. The van der Waals surface area contributed by atoms with Crippen LogP contribution in [0, 0.1) is 0 Å². The minimum Gasteiger partial charge on any atom is -0.369 e. The molecule has 0 aliphatic carbocycles. The predicted octanol–water partition coefficient (Wildman–Crippen LogP) is 3.60. The quantitative estimate of drug-likeness (QED) is 0.553. The van der Waals surface area contributed by atoms with E-state index in [1.54, 1.807) is 22.5 Å². The van der Waals surface area contributed by atoms with Crippen molar-refractivity contribution in [1.82, 2.24) is 25.1 Å². The fourth-order valence-corrected chi connectivity index (χ4v) is 4.27. The first-order valence-electron chi connectivity index (χ1n) is 9.62. The van der Waals surface area contributed by atoms with E-state index in [4.69, 9.17) is 0 Å². The number of hydrogen-bond donors (Lipinski definition) is 0. The van der Waals surface area contributed by atoms with Crippen LogP contribution in [0.3, 0.4) is 0 Å². The van der Waals surface area contributed by atoms with E-state index in [1.807, 2.05) is 35.2 Å². The van der Waals surface area contributed by atoms with Crippen molar-refractivity contribution < 1.29 is 13.2 Å². The maximum Gasteiger partial charge on any atom is 0.416 e. The number of benzene rings is 2. The maximum atomic E-state index is 12.9. The molecule has 1 saturated heterocycles.